The first-order chi connectivity index (χ1) is 16.7. The Morgan fingerprint density at radius 2 is 1.94 bits per heavy atom. The van der Waals surface area contributed by atoms with Gasteiger partial charge < -0.3 is 9.64 Å². The van der Waals surface area contributed by atoms with Gasteiger partial charge in [0.05, 0.1) is 40.7 Å². The van der Waals surface area contributed by atoms with Gasteiger partial charge in [0.15, 0.2) is 5.69 Å². The predicted octanol–water partition coefficient (Wildman–Crippen LogP) is 3.58. The Hall–Kier alpha value is -3.09. The molecule has 1 aromatic carbocycles. The monoisotopic (exact) mass is 510 g/mol. The van der Waals surface area contributed by atoms with E-state index in [1.165, 1.54) is 12.3 Å². The lowest BCUT2D eigenvalue weighted by molar-refractivity contribution is -0.142. The third-order valence-electron chi connectivity index (χ3n) is 6.20. The fraction of sp³-hybridized carbons (Fsp3) is 0.364. The lowest BCUT2D eigenvalue weighted by atomic mass is 10.0. The normalized spacial score (nSPS) is 21.1. The van der Waals surface area contributed by atoms with Gasteiger partial charge >= 0.3 is 6.18 Å². The zero-order valence-corrected chi connectivity index (χ0v) is 18.9. The maximum Gasteiger partial charge on any atom is 0.435 e. The number of carbonyl (C=O) groups excluding carboxylic acids is 1. The zero-order chi connectivity index (χ0) is 24.7. The second-order valence-corrected chi connectivity index (χ2v) is 8.71. The van der Waals surface area contributed by atoms with Gasteiger partial charge in [0.25, 0.3) is 5.91 Å². The van der Waals surface area contributed by atoms with Gasteiger partial charge in [0.1, 0.15) is 6.10 Å². The van der Waals surface area contributed by atoms with E-state index in [-0.39, 0.29) is 34.7 Å². The topological polar surface area (TPSA) is 87.2 Å². The van der Waals surface area contributed by atoms with E-state index in [1.54, 1.807) is 23.1 Å². The Morgan fingerprint density at radius 3 is 2.63 bits per heavy atom. The molecule has 0 spiro atoms. The van der Waals surface area contributed by atoms with Crippen LogP contribution in [0.3, 0.4) is 0 Å². The maximum absolute atomic E-state index is 14.0. The van der Waals surface area contributed by atoms with Gasteiger partial charge in [-0.25, -0.2) is 0 Å². The van der Waals surface area contributed by atoms with E-state index < -0.39 is 23.9 Å². The molecule has 0 radical (unpaired) electrons. The van der Waals surface area contributed by atoms with Gasteiger partial charge in [0, 0.05) is 31.7 Å². The number of H-pyrrole nitrogens is 1. The lowest BCUT2D eigenvalue weighted by Crippen LogP contribution is -2.59. The molecular weight excluding hydrogens is 492 g/mol. The molecule has 1 amide bonds. The number of carbonyl (C=O) groups is 1. The number of fused-ring (bicyclic) bond motifs is 1. The minimum Gasteiger partial charge on any atom is -0.369 e. The number of morpholine rings is 1. The summed E-state index contributed by atoms with van der Waals surface area (Å²) in [7, 11) is 0. The SMILES string of the molecule is O=C(c1cccc(-c2cn[nH]c2F)c1Cl)N1CCN2C[C@@H](c3ccc(C(F)(F)F)nn3)OCC2C1. The highest BCUT2D eigenvalue weighted by Gasteiger charge is 2.38. The Bertz CT molecular complexity index is 1240. The summed E-state index contributed by atoms with van der Waals surface area (Å²) in [5, 5.41) is 13.0. The van der Waals surface area contributed by atoms with Crippen molar-refractivity contribution in [2.24, 2.45) is 0 Å². The van der Waals surface area contributed by atoms with Crippen molar-refractivity contribution < 1.29 is 27.1 Å². The van der Waals surface area contributed by atoms with Crippen LogP contribution in [0.1, 0.15) is 27.8 Å². The van der Waals surface area contributed by atoms with Crippen LogP contribution >= 0.6 is 11.6 Å². The fourth-order valence-corrected chi connectivity index (χ4v) is 4.66. The molecule has 4 heterocycles. The highest BCUT2D eigenvalue weighted by atomic mass is 35.5. The first-order valence-corrected chi connectivity index (χ1v) is 11.1. The summed E-state index contributed by atoms with van der Waals surface area (Å²) in [6.07, 6.45) is -3.76. The molecule has 5 rings (SSSR count). The van der Waals surface area contributed by atoms with Gasteiger partial charge in [-0.1, -0.05) is 23.7 Å². The number of piperazine rings is 1. The van der Waals surface area contributed by atoms with E-state index in [1.807, 2.05) is 0 Å². The van der Waals surface area contributed by atoms with Crippen LogP contribution in [0, 0.1) is 5.95 Å². The molecule has 2 aliphatic heterocycles. The molecule has 1 N–H and O–H groups in total. The van der Waals surface area contributed by atoms with Crippen molar-refractivity contribution in [3.63, 3.8) is 0 Å². The number of alkyl halides is 3. The smallest absolute Gasteiger partial charge is 0.369 e. The summed E-state index contributed by atoms with van der Waals surface area (Å²) in [5.41, 5.74) is 0.0645. The van der Waals surface area contributed by atoms with Crippen molar-refractivity contribution >= 4 is 17.5 Å². The second kappa shape index (κ2) is 9.17. The first-order valence-electron chi connectivity index (χ1n) is 10.8. The van der Waals surface area contributed by atoms with Gasteiger partial charge in [-0.05, 0) is 18.2 Å². The minimum atomic E-state index is -4.55. The number of benzene rings is 1. The van der Waals surface area contributed by atoms with Crippen LogP contribution in [-0.4, -0.2) is 74.9 Å². The van der Waals surface area contributed by atoms with Gasteiger partial charge in [-0.2, -0.15) is 27.8 Å². The molecule has 2 aromatic heterocycles. The van der Waals surface area contributed by atoms with Crippen LogP contribution in [0.5, 0.6) is 0 Å². The standard InChI is InChI=1S/C22H19ClF4N6O2/c23-19-13(15-8-28-31-20(15)24)2-1-3-14(19)21(34)33-7-6-32-10-17(35-11-12(32)9-33)16-4-5-18(30-29-16)22(25,26)27/h1-5,8,12,17H,6-7,9-11H2,(H,28,31)/t12?,17-/m0/s1. The molecule has 0 aliphatic carbocycles. The van der Waals surface area contributed by atoms with Crippen molar-refractivity contribution in [1.82, 2.24) is 30.2 Å². The number of halogens is 5. The number of aromatic amines is 1. The van der Waals surface area contributed by atoms with Crippen molar-refractivity contribution in [3.05, 3.63) is 64.5 Å². The van der Waals surface area contributed by atoms with Crippen molar-refractivity contribution in [2.45, 2.75) is 18.3 Å². The molecule has 3 aromatic rings. The quantitative estimate of drug-likeness (QED) is 0.542. The highest BCUT2D eigenvalue weighted by Crippen LogP contribution is 2.33. The van der Waals surface area contributed by atoms with E-state index in [4.69, 9.17) is 16.3 Å². The number of nitrogens with one attached hydrogen (secondary N) is 1. The molecule has 35 heavy (non-hydrogen) atoms. The molecule has 2 saturated heterocycles. The van der Waals surface area contributed by atoms with Gasteiger partial charge in [-0.15, -0.1) is 5.10 Å². The second-order valence-electron chi connectivity index (χ2n) is 8.33. The van der Waals surface area contributed by atoms with E-state index in [0.717, 1.165) is 6.07 Å². The van der Waals surface area contributed by atoms with Crippen molar-refractivity contribution in [3.8, 4) is 11.1 Å². The number of aromatic nitrogens is 4. The van der Waals surface area contributed by atoms with Crippen LogP contribution in [-0.2, 0) is 10.9 Å². The van der Waals surface area contributed by atoms with E-state index in [9.17, 15) is 22.4 Å². The van der Waals surface area contributed by atoms with Crippen LogP contribution in [0.15, 0.2) is 36.5 Å². The Kier molecular flexibility index (Phi) is 6.20. The van der Waals surface area contributed by atoms with Crippen molar-refractivity contribution in [1.29, 1.82) is 0 Å². The van der Waals surface area contributed by atoms with Crippen LogP contribution in [0.2, 0.25) is 5.02 Å². The van der Waals surface area contributed by atoms with Crippen LogP contribution in [0.25, 0.3) is 11.1 Å². The molecule has 0 bridgehead atoms. The lowest BCUT2D eigenvalue weighted by Gasteiger charge is -2.45. The summed E-state index contributed by atoms with van der Waals surface area (Å²) in [4.78, 5) is 17.0. The molecule has 2 atom stereocenters. The summed E-state index contributed by atoms with van der Waals surface area (Å²) in [6.45, 7) is 2.03. The molecule has 2 fully saturated rings. The number of nitrogens with zero attached hydrogens (tertiary/aromatic N) is 5. The summed E-state index contributed by atoms with van der Waals surface area (Å²) < 4.78 is 58.0. The summed E-state index contributed by atoms with van der Waals surface area (Å²) >= 11 is 6.48. The van der Waals surface area contributed by atoms with E-state index in [0.29, 0.717) is 37.4 Å². The largest absolute Gasteiger partial charge is 0.435 e. The Balaban J connectivity index is 1.26. The third-order valence-corrected chi connectivity index (χ3v) is 6.61. The number of amides is 1. The number of hydrogen-bond donors (Lipinski definition) is 1. The predicted molar refractivity (Wildman–Crippen MR) is 116 cm³/mol. The average Bonchev–Trinajstić information content (AvgIpc) is 3.28. The minimum absolute atomic E-state index is 0.0976. The summed E-state index contributed by atoms with van der Waals surface area (Å²) in [6, 6.07) is 6.91. The van der Waals surface area contributed by atoms with Crippen LogP contribution < -0.4 is 0 Å². The number of ether oxygens (including phenoxy) is 1. The van der Waals surface area contributed by atoms with Gasteiger partial charge in [-0.3, -0.25) is 14.8 Å². The highest BCUT2D eigenvalue weighted by molar-refractivity contribution is 6.36. The molecule has 13 heteroatoms. The van der Waals surface area contributed by atoms with Crippen LogP contribution in [0.4, 0.5) is 17.6 Å². The van der Waals surface area contributed by atoms with Crippen molar-refractivity contribution in [2.75, 3.05) is 32.8 Å². The molecule has 184 valence electrons. The molecule has 8 nitrogen and oxygen atoms in total. The maximum atomic E-state index is 14.0. The Labute approximate surface area is 201 Å². The van der Waals surface area contributed by atoms with E-state index in [2.05, 4.69) is 25.3 Å². The summed E-state index contributed by atoms with van der Waals surface area (Å²) in [5.74, 6) is -0.923. The number of rotatable bonds is 3. The molecule has 0 saturated carbocycles. The third kappa shape index (κ3) is 4.60. The molecular formula is C22H19ClF4N6O2. The molecule has 2 aliphatic rings. The van der Waals surface area contributed by atoms with Gasteiger partial charge in [0.2, 0.25) is 5.95 Å². The Morgan fingerprint density at radius 1 is 1.11 bits per heavy atom. The zero-order valence-electron chi connectivity index (χ0n) is 18.1. The fourth-order valence-electron chi connectivity index (χ4n) is 4.35. The first kappa shape index (κ1) is 23.6. The molecule has 1 unspecified atom stereocenters. The average molecular weight is 511 g/mol. The van der Waals surface area contributed by atoms with E-state index >= 15 is 0 Å². The number of hydrogen-bond acceptors (Lipinski definition) is 6.